The molecule has 7 heteroatoms. The molecule has 2 fully saturated rings. The Morgan fingerprint density at radius 2 is 2.08 bits per heavy atom. The van der Waals surface area contributed by atoms with Crippen LogP contribution in [0.25, 0.3) is 0 Å². The molecule has 0 N–H and O–H groups in total. The molecular weight excluding hydrogens is 330 g/mol. The Hall–Kier alpha value is -2.25. The first-order chi connectivity index (χ1) is 12.7. The van der Waals surface area contributed by atoms with Crippen LogP contribution in [-0.2, 0) is 18.3 Å². The Morgan fingerprint density at radius 3 is 2.77 bits per heavy atom. The molecule has 2 aliphatic rings. The summed E-state index contributed by atoms with van der Waals surface area (Å²) in [4.78, 5) is 21.5. The van der Waals surface area contributed by atoms with Gasteiger partial charge in [0.25, 0.3) is 5.91 Å². The molecule has 1 amide bonds. The third-order valence-electron chi connectivity index (χ3n) is 5.59. The number of piperidine rings is 1. The van der Waals surface area contributed by atoms with E-state index in [0.717, 1.165) is 32.6 Å². The van der Waals surface area contributed by atoms with E-state index in [2.05, 4.69) is 15.0 Å². The fourth-order valence-corrected chi connectivity index (χ4v) is 4.33. The summed E-state index contributed by atoms with van der Waals surface area (Å²) >= 11 is 0. The maximum atomic E-state index is 13.0. The molecule has 138 valence electrons. The number of carbonyl (C=O) groups is 1. The van der Waals surface area contributed by atoms with E-state index in [0.29, 0.717) is 11.6 Å². The van der Waals surface area contributed by atoms with Crippen LogP contribution in [0, 0.1) is 5.92 Å². The minimum Gasteiger partial charge on any atom is -0.381 e. The second kappa shape index (κ2) is 7.17. The Labute approximate surface area is 153 Å². The van der Waals surface area contributed by atoms with Gasteiger partial charge in [0.2, 0.25) is 0 Å². The summed E-state index contributed by atoms with van der Waals surface area (Å²) in [6, 6.07) is 6.06. The first kappa shape index (κ1) is 17.2. The minimum atomic E-state index is 0.0286. The van der Waals surface area contributed by atoms with Crippen LogP contribution in [0.4, 0.5) is 0 Å². The summed E-state index contributed by atoms with van der Waals surface area (Å²) in [5.41, 5.74) is 1.77. The summed E-state index contributed by atoms with van der Waals surface area (Å²) in [5.74, 6) is 0.365. The maximum Gasteiger partial charge on any atom is 0.274 e. The quantitative estimate of drug-likeness (QED) is 0.824. The molecule has 0 aliphatic carbocycles. The molecule has 2 aliphatic heterocycles. The summed E-state index contributed by atoms with van der Waals surface area (Å²) in [6.45, 7) is 3.40. The number of nitrogens with zero attached hydrogens (tertiary/aromatic N) is 5. The van der Waals surface area contributed by atoms with Crippen LogP contribution >= 0.6 is 0 Å². The van der Waals surface area contributed by atoms with E-state index in [4.69, 9.17) is 4.74 Å². The van der Waals surface area contributed by atoms with Crippen molar-refractivity contribution in [3.05, 3.63) is 48.0 Å². The van der Waals surface area contributed by atoms with E-state index in [1.165, 1.54) is 5.56 Å². The smallest absolute Gasteiger partial charge is 0.274 e. The van der Waals surface area contributed by atoms with Gasteiger partial charge in [-0.3, -0.25) is 19.4 Å². The molecule has 0 spiro atoms. The first-order valence-electron chi connectivity index (χ1n) is 9.10. The molecule has 2 aromatic heterocycles. The molecule has 0 aromatic carbocycles. The molecular formula is C19H25N5O2. The Morgan fingerprint density at radius 1 is 1.27 bits per heavy atom. The molecule has 4 rings (SSSR count). The SMILES string of the molecule is CO[C@@H]1CCN(C(=O)c2ccn(C)n2)[C@@H]2CN(Cc3ccncc3)C[C@@H]21. The number of fused-ring (bicyclic) bond motifs is 1. The van der Waals surface area contributed by atoms with Crippen LogP contribution in [0.3, 0.4) is 0 Å². The molecule has 2 saturated heterocycles. The summed E-state index contributed by atoms with van der Waals surface area (Å²) in [7, 11) is 3.62. The fourth-order valence-electron chi connectivity index (χ4n) is 4.33. The number of rotatable bonds is 4. The molecule has 0 unspecified atom stereocenters. The standard InChI is InChI=1S/C19H25N5O2/c1-22-9-5-16(21-22)19(25)24-10-6-18(26-2)15-12-23(13-17(15)24)11-14-3-7-20-8-4-14/h3-5,7-9,15,17-18H,6,10-13H2,1-2H3/t15-,17+,18+/m0/s1. The van der Waals surface area contributed by atoms with Gasteiger partial charge in [0, 0.05) is 64.8 Å². The average molecular weight is 355 g/mol. The average Bonchev–Trinajstić information content (AvgIpc) is 3.27. The summed E-state index contributed by atoms with van der Waals surface area (Å²) in [6.07, 6.45) is 6.55. The highest BCUT2D eigenvalue weighted by molar-refractivity contribution is 5.92. The molecule has 0 radical (unpaired) electrons. The first-order valence-corrected chi connectivity index (χ1v) is 9.10. The lowest BCUT2D eigenvalue weighted by atomic mass is 9.89. The van der Waals surface area contributed by atoms with Gasteiger partial charge in [-0.2, -0.15) is 5.10 Å². The predicted molar refractivity (Wildman–Crippen MR) is 96.5 cm³/mol. The number of methoxy groups -OCH3 is 1. The molecule has 26 heavy (non-hydrogen) atoms. The number of hydrogen-bond acceptors (Lipinski definition) is 5. The maximum absolute atomic E-state index is 13.0. The van der Waals surface area contributed by atoms with Crippen molar-refractivity contribution >= 4 is 5.91 Å². The molecule has 0 bridgehead atoms. The number of aryl methyl sites for hydroxylation is 1. The number of ether oxygens (including phenoxy) is 1. The number of amides is 1. The normalized spacial score (nSPS) is 26.1. The van der Waals surface area contributed by atoms with E-state index in [-0.39, 0.29) is 18.1 Å². The highest BCUT2D eigenvalue weighted by Gasteiger charge is 2.46. The van der Waals surface area contributed by atoms with Crippen LogP contribution in [0.15, 0.2) is 36.8 Å². The van der Waals surface area contributed by atoms with Gasteiger partial charge in [0.15, 0.2) is 0 Å². The number of aromatic nitrogens is 3. The zero-order valence-corrected chi connectivity index (χ0v) is 15.3. The van der Waals surface area contributed by atoms with Crippen molar-refractivity contribution in [3.8, 4) is 0 Å². The Balaban J connectivity index is 1.52. The lowest BCUT2D eigenvalue weighted by molar-refractivity contribution is -0.0158. The fraction of sp³-hybridized carbons (Fsp3) is 0.526. The van der Waals surface area contributed by atoms with Crippen molar-refractivity contribution < 1.29 is 9.53 Å². The van der Waals surface area contributed by atoms with Gasteiger partial charge in [0.1, 0.15) is 5.69 Å². The summed E-state index contributed by atoms with van der Waals surface area (Å²) < 4.78 is 7.42. The number of hydrogen-bond donors (Lipinski definition) is 0. The van der Waals surface area contributed by atoms with Gasteiger partial charge in [-0.15, -0.1) is 0 Å². The topological polar surface area (TPSA) is 63.5 Å². The second-order valence-corrected chi connectivity index (χ2v) is 7.22. The van der Waals surface area contributed by atoms with Crippen LogP contribution in [0.2, 0.25) is 0 Å². The number of pyridine rings is 1. The van der Waals surface area contributed by atoms with Crippen LogP contribution < -0.4 is 0 Å². The Kier molecular flexibility index (Phi) is 4.74. The molecule has 2 aromatic rings. The van der Waals surface area contributed by atoms with Crippen molar-refractivity contribution in [1.29, 1.82) is 0 Å². The van der Waals surface area contributed by atoms with Gasteiger partial charge in [-0.25, -0.2) is 0 Å². The molecule has 0 saturated carbocycles. The van der Waals surface area contributed by atoms with E-state index in [1.807, 2.05) is 42.7 Å². The van der Waals surface area contributed by atoms with Gasteiger partial charge in [-0.05, 0) is 30.2 Å². The van der Waals surface area contributed by atoms with Crippen molar-refractivity contribution in [2.75, 3.05) is 26.7 Å². The largest absolute Gasteiger partial charge is 0.381 e. The lowest BCUT2D eigenvalue weighted by Gasteiger charge is -2.40. The Bertz CT molecular complexity index is 762. The molecule has 4 heterocycles. The number of likely N-dealkylation sites (tertiary alicyclic amines) is 2. The van der Waals surface area contributed by atoms with Crippen molar-refractivity contribution in [2.45, 2.75) is 25.1 Å². The van der Waals surface area contributed by atoms with E-state index in [1.54, 1.807) is 17.9 Å². The van der Waals surface area contributed by atoms with Crippen molar-refractivity contribution in [1.82, 2.24) is 24.6 Å². The molecule has 7 nitrogen and oxygen atoms in total. The number of carbonyl (C=O) groups excluding carboxylic acids is 1. The van der Waals surface area contributed by atoms with Gasteiger partial charge in [-0.1, -0.05) is 0 Å². The van der Waals surface area contributed by atoms with Gasteiger partial charge >= 0.3 is 0 Å². The van der Waals surface area contributed by atoms with Crippen LogP contribution in [-0.4, -0.2) is 69.4 Å². The van der Waals surface area contributed by atoms with Crippen LogP contribution in [0.1, 0.15) is 22.5 Å². The second-order valence-electron chi connectivity index (χ2n) is 7.22. The van der Waals surface area contributed by atoms with Crippen molar-refractivity contribution in [3.63, 3.8) is 0 Å². The monoisotopic (exact) mass is 355 g/mol. The van der Waals surface area contributed by atoms with E-state index < -0.39 is 0 Å². The molecule has 3 atom stereocenters. The van der Waals surface area contributed by atoms with E-state index in [9.17, 15) is 4.79 Å². The van der Waals surface area contributed by atoms with Gasteiger partial charge in [0.05, 0.1) is 12.1 Å². The van der Waals surface area contributed by atoms with Crippen LogP contribution in [0.5, 0.6) is 0 Å². The third kappa shape index (κ3) is 3.24. The highest BCUT2D eigenvalue weighted by atomic mass is 16.5. The third-order valence-corrected chi connectivity index (χ3v) is 5.59. The zero-order chi connectivity index (χ0) is 18.1. The summed E-state index contributed by atoms with van der Waals surface area (Å²) in [5, 5.41) is 4.30. The predicted octanol–water partition coefficient (Wildman–Crippen LogP) is 1.18. The van der Waals surface area contributed by atoms with E-state index >= 15 is 0 Å². The van der Waals surface area contributed by atoms with Crippen molar-refractivity contribution in [2.24, 2.45) is 13.0 Å². The van der Waals surface area contributed by atoms with Gasteiger partial charge < -0.3 is 9.64 Å². The zero-order valence-electron chi connectivity index (χ0n) is 15.3. The minimum absolute atomic E-state index is 0.0286. The highest BCUT2D eigenvalue weighted by Crippen LogP contribution is 2.33. The lowest BCUT2D eigenvalue weighted by Crippen LogP contribution is -2.53.